The first-order valence-corrected chi connectivity index (χ1v) is 8.24. The molecule has 0 aliphatic heterocycles. The van der Waals surface area contributed by atoms with Crippen molar-refractivity contribution in [3.63, 3.8) is 0 Å². The molecule has 0 saturated carbocycles. The Morgan fingerprint density at radius 3 is 2.75 bits per heavy atom. The maximum Gasteiger partial charge on any atom is 0.269 e. The molecule has 0 spiro atoms. The summed E-state index contributed by atoms with van der Waals surface area (Å²) >= 11 is 0. The Balaban J connectivity index is 2.22. The number of nitrogens with one attached hydrogen (secondary N) is 1. The van der Waals surface area contributed by atoms with Crippen LogP contribution in [-0.2, 0) is 0 Å². The van der Waals surface area contributed by atoms with Crippen molar-refractivity contribution in [3.05, 3.63) is 36.0 Å². The van der Waals surface area contributed by atoms with Gasteiger partial charge in [0.25, 0.3) is 5.91 Å². The highest BCUT2D eigenvalue weighted by Gasteiger charge is 2.13. The summed E-state index contributed by atoms with van der Waals surface area (Å²) in [6.07, 6.45) is 4.57. The molecule has 1 aromatic heterocycles. The molecule has 6 heteroatoms. The van der Waals surface area contributed by atoms with Gasteiger partial charge in [0.1, 0.15) is 11.4 Å². The number of hydrogen-bond donors (Lipinski definition) is 2. The molecule has 0 bridgehead atoms. The summed E-state index contributed by atoms with van der Waals surface area (Å²) < 4.78 is 5.90. The van der Waals surface area contributed by atoms with E-state index in [0.717, 1.165) is 24.2 Å². The van der Waals surface area contributed by atoms with Gasteiger partial charge < -0.3 is 15.8 Å². The highest BCUT2D eigenvalue weighted by Crippen LogP contribution is 2.29. The van der Waals surface area contributed by atoms with Crippen LogP contribution in [0, 0.1) is 0 Å². The second-order valence-electron chi connectivity index (χ2n) is 5.48. The predicted molar refractivity (Wildman–Crippen MR) is 94.9 cm³/mol. The first-order chi connectivity index (χ1) is 11.7. The molecule has 0 fully saturated rings. The molecule has 0 radical (unpaired) electrons. The first kappa shape index (κ1) is 17.7. The average molecular weight is 328 g/mol. The van der Waals surface area contributed by atoms with Gasteiger partial charge in [-0.1, -0.05) is 38.3 Å². The lowest BCUT2D eigenvalue weighted by Gasteiger charge is -2.12. The van der Waals surface area contributed by atoms with Crippen LogP contribution in [-0.4, -0.2) is 29.5 Å². The lowest BCUT2D eigenvalue weighted by Crippen LogP contribution is -2.20. The van der Waals surface area contributed by atoms with Crippen molar-refractivity contribution in [1.29, 1.82) is 0 Å². The van der Waals surface area contributed by atoms with Crippen molar-refractivity contribution in [2.24, 2.45) is 0 Å². The normalized spacial score (nSPS) is 10.4. The summed E-state index contributed by atoms with van der Waals surface area (Å²) in [5, 5.41) is 2.54. The van der Waals surface area contributed by atoms with Gasteiger partial charge in [0.05, 0.1) is 12.3 Å². The number of carbonyl (C=O) groups excluding carboxylic acids is 1. The lowest BCUT2D eigenvalue weighted by molar-refractivity contribution is 0.0958. The molecule has 2 aromatic rings. The van der Waals surface area contributed by atoms with Gasteiger partial charge in [-0.25, -0.2) is 9.97 Å². The number of nitrogens with zero attached hydrogens (tertiary/aromatic N) is 2. The number of para-hydroxylation sites is 1. The maximum absolute atomic E-state index is 11.8. The summed E-state index contributed by atoms with van der Waals surface area (Å²) in [7, 11) is 1.55. The standard InChI is InChI=1S/C18H24N4O2/c1-3-4-5-8-11-24-16-10-7-6-9-13(16)14-12-15(17(23)20-2)22-18(19)21-14/h6-7,9-10,12H,3-5,8,11H2,1-2H3,(H,20,23)(H2,19,21,22). The van der Waals surface area contributed by atoms with Gasteiger partial charge in [-0.05, 0) is 24.6 Å². The van der Waals surface area contributed by atoms with Crippen molar-refractivity contribution in [2.45, 2.75) is 32.6 Å². The third-order valence-corrected chi connectivity index (χ3v) is 3.62. The minimum atomic E-state index is -0.302. The number of benzene rings is 1. The van der Waals surface area contributed by atoms with E-state index in [1.54, 1.807) is 13.1 Å². The van der Waals surface area contributed by atoms with Crippen molar-refractivity contribution >= 4 is 11.9 Å². The lowest BCUT2D eigenvalue weighted by atomic mass is 10.1. The van der Waals surface area contributed by atoms with Crippen LogP contribution >= 0.6 is 0 Å². The number of nitrogens with two attached hydrogens (primary N) is 1. The molecular weight excluding hydrogens is 304 g/mol. The monoisotopic (exact) mass is 328 g/mol. The van der Waals surface area contributed by atoms with Crippen LogP contribution in [0.2, 0.25) is 0 Å². The number of unbranched alkanes of at least 4 members (excludes halogenated alkanes) is 3. The van der Waals surface area contributed by atoms with Crippen molar-refractivity contribution in [3.8, 4) is 17.0 Å². The summed E-state index contributed by atoms with van der Waals surface area (Å²) in [4.78, 5) is 20.0. The van der Waals surface area contributed by atoms with E-state index >= 15 is 0 Å². The predicted octanol–water partition coefficient (Wildman–Crippen LogP) is 3.04. The molecule has 6 nitrogen and oxygen atoms in total. The second-order valence-corrected chi connectivity index (χ2v) is 5.48. The fourth-order valence-electron chi connectivity index (χ4n) is 2.36. The minimum Gasteiger partial charge on any atom is -0.493 e. The number of amides is 1. The SMILES string of the molecule is CCCCCCOc1ccccc1-c1cc(C(=O)NC)nc(N)n1. The van der Waals surface area contributed by atoms with E-state index in [1.807, 2.05) is 24.3 Å². The zero-order valence-electron chi connectivity index (χ0n) is 14.2. The van der Waals surface area contributed by atoms with E-state index in [0.29, 0.717) is 12.3 Å². The highest BCUT2D eigenvalue weighted by atomic mass is 16.5. The molecule has 1 amide bonds. The van der Waals surface area contributed by atoms with Gasteiger partial charge in [-0.2, -0.15) is 0 Å². The highest BCUT2D eigenvalue weighted by molar-refractivity contribution is 5.93. The van der Waals surface area contributed by atoms with Crippen LogP contribution in [0.3, 0.4) is 0 Å². The molecule has 2 rings (SSSR count). The van der Waals surface area contributed by atoms with Crippen LogP contribution in [0.4, 0.5) is 5.95 Å². The molecule has 0 aliphatic carbocycles. The van der Waals surface area contributed by atoms with Crippen molar-refractivity contribution in [1.82, 2.24) is 15.3 Å². The summed E-state index contributed by atoms with van der Waals surface area (Å²) in [5.41, 5.74) is 7.36. The molecule has 0 atom stereocenters. The number of carbonyl (C=O) groups is 1. The largest absolute Gasteiger partial charge is 0.493 e. The number of ether oxygens (including phenoxy) is 1. The van der Waals surface area contributed by atoms with Crippen molar-refractivity contribution in [2.75, 3.05) is 19.4 Å². The summed E-state index contributed by atoms with van der Waals surface area (Å²) in [5.74, 6) is 0.488. The molecule has 24 heavy (non-hydrogen) atoms. The minimum absolute atomic E-state index is 0.0591. The van der Waals surface area contributed by atoms with E-state index in [1.165, 1.54) is 12.8 Å². The topological polar surface area (TPSA) is 90.1 Å². The zero-order chi connectivity index (χ0) is 17.4. The molecule has 3 N–H and O–H groups in total. The van der Waals surface area contributed by atoms with E-state index in [9.17, 15) is 4.79 Å². The summed E-state index contributed by atoms with van der Waals surface area (Å²) in [6.45, 7) is 2.83. The molecule has 0 aliphatic rings. The van der Waals surface area contributed by atoms with Gasteiger partial charge in [0.15, 0.2) is 0 Å². The third-order valence-electron chi connectivity index (χ3n) is 3.62. The molecule has 0 saturated heterocycles. The first-order valence-electron chi connectivity index (χ1n) is 8.24. The molecule has 1 aromatic carbocycles. The van der Waals surface area contributed by atoms with Gasteiger partial charge in [0, 0.05) is 12.6 Å². The maximum atomic E-state index is 11.8. The number of rotatable bonds is 8. The molecule has 0 unspecified atom stereocenters. The van der Waals surface area contributed by atoms with Gasteiger partial charge in [-0.3, -0.25) is 4.79 Å². The van der Waals surface area contributed by atoms with Gasteiger partial charge in [-0.15, -0.1) is 0 Å². The Morgan fingerprint density at radius 1 is 1.21 bits per heavy atom. The van der Waals surface area contributed by atoms with E-state index < -0.39 is 0 Å². The zero-order valence-corrected chi connectivity index (χ0v) is 14.2. The Bertz CT molecular complexity index is 688. The Kier molecular flexibility index (Phi) is 6.54. The van der Waals surface area contributed by atoms with Crippen LogP contribution in [0.15, 0.2) is 30.3 Å². The molecular formula is C18H24N4O2. The van der Waals surface area contributed by atoms with Gasteiger partial charge >= 0.3 is 0 Å². The quantitative estimate of drug-likeness (QED) is 0.727. The fourth-order valence-corrected chi connectivity index (χ4v) is 2.36. The van der Waals surface area contributed by atoms with Crippen LogP contribution < -0.4 is 15.8 Å². The van der Waals surface area contributed by atoms with E-state index in [-0.39, 0.29) is 17.5 Å². The fraction of sp³-hybridized carbons (Fsp3) is 0.389. The Morgan fingerprint density at radius 2 is 2.00 bits per heavy atom. The van der Waals surface area contributed by atoms with E-state index in [2.05, 4.69) is 22.2 Å². The summed E-state index contributed by atoms with van der Waals surface area (Å²) in [6, 6.07) is 9.23. The molecule has 1 heterocycles. The van der Waals surface area contributed by atoms with Crippen LogP contribution in [0.1, 0.15) is 43.1 Å². The number of anilines is 1. The number of nitrogen functional groups attached to an aromatic ring is 1. The third kappa shape index (κ3) is 4.68. The van der Waals surface area contributed by atoms with Crippen LogP contribution in [0.5, 0.6) is 5.75 Å². The van der Waals surface area contributed by atoms with Crippen molar-refractivity contribution < 1.29 is 9.53 Å². The van der Waals surface area contributed by atoms with Gasteiger partial charge in [0.2, 0.25) is 5.95 Å². The molecule has 128 valence electrons. The van der Waals surface area contributed by atoms with E-state index in [4.69, 9.17) is 10.5 Å². The Labute approximate surface area is 142 Å². The number of hydrogen-bond acceptors (Lipinski definition) is 5. The average Bonchev–Trinajstić information content (AvgIpc) is 2.60. The number of aromatic nitrogens is 2. The second kappa shape index (κ2) is 8.86. The Hall–Kier alpha value is -2.63. The smallest absolute Gasteiger partial charge is 0.269 e. The van der Waals surface area contributed by atoms with Crippen LogP contribution in [0.25, 0.3) is 11.3 Å².